The first-order valence-electron chi connectivity index (χ1n) is 5.82. The number of nitrogens with two attached hydrogens (primary N) is 1. The number of ether oxygens (including phenoxy) is 1. The first-order chi connectivity index (χ1) is 8.66. The average molecular weight is 249 g/mol. The van der Waals surface area contributed by atoms with Crippen LogP contribution in [0.25, 0.3) is 0 Å². The van der Waals surface area contributed by atoms with Crippen molar-refractivity contribution in [2.75, 3.05) is 6.61 Å². The third kappa shape index (κ3) is 3.07. The Morgan fingerprint density at radius 1 is 1.50 bits per heavy atom. The van der Waals surface area contributed by atoms with Crippen LogP contribution in [0.2, 0.25) is 0 Å². The molecule has 0 aliphatic carbocycles. The maximum atomic E-state index is 13.2. The van der Waals surface area contributed by atoms with Crippen molar-refractivity contribution in [1.29, 1.82) is 0 Å². The Labute approximate surface area is 105 Å². The van der Waals surface area contributed by atoms with Crippen molar-refractivity contribution in [1.82, 2.24) is 9.78 Å². The molecule has 5 heteroatoms. The van der Waals surface area contributed by atoms with Crippen LogP contribution in [-0.4, -0.2) is 16.4 Å². The molecule has 1 aromatic carbocycles. The smallest absolute Gasteiger partial charge is 0.127 e. The Bertz CT molecular complexity index is 497. The third-order valence-corrected chi connectivity index (χ3v) is 2.60. The van der Waals surface area contributed by atoms with E-state index in [9.17, 15) is 4.39 Å². The Balaban J connectivity index is 2.01. The molecule has 0 saturated carbocycles. The number of halogens is 1. The van der Waals surface area contributed by atoms with Crippen LogP contribution in [0.1, 0.15) is 18.5 Å². The molecule has 0 aliphatic rings. The number of hydrogen-bond donors (Lipinski definition) is 1. The van der Waals surface area contributed by atoms with Gasteiger partial charge in [0.1, 0.15) is 18.2 Å². The quantitative estimate of drug-likeness (QED) is 0.883. The van der Waals surface area contributed by atoms with Gasteiger partial charge in [-0.15, -0.1) is 0 Å². The van der Waals surface area contributed by atoms with Gasteiger partial charge < -0.3 is 10.5 Å². The Morgan fingerprint density at radius 2 is 2.33 bits per heavy atom. The maximum Gasteiger partial charge on any atom is 0.127 e. The molecule has 1 aromatic heterocycles. The van der Waals surface area contributed by atoms with Crippen LogP contribution >= 0.6 is 0 Å². The monoisotopic (exact) mass is 249 g/mol. The molecular formula is C13H16FN3O. The van der Waals surface area contributed by atoms with Gasteiger partial charge >= 0.3 is 0 Å². The fraction of sp³-hybridized carbons (Fsp3) is 0.308. The SMILES string of the molecule is CC(N)c1ccc(F)cc1OCCn1cccn1. The van der Waals surface area contributed by atoms with Gasteiger partial charge in [0.25, 0.3) is 0 Å². The van der Waals surface area contributed by atoms with Crippen LogP contribution < -0.4 is 10.5 Å². The molecule has 0 radical (unpaired) electrons. The molecule has 2 aromatic rings. The number of rotatable bonds is 5. The molecule has 0 bridgehead atoms. The molecule has 1 heterocycles. The zero-order chi connectivity index (χ0) is 13.0. The highest BCUT2D eigenvalue weighted by atomic mass is 19.1. The second-order valence-electron chi connectivity index (χ2n) is 4.09. The molecule has 1 unspecified atom stereocenters. The highest BCUT2D eigenvalue weighted by molar-refractivity contribution is 5.36. The third-order valence-electron chi connectivity index (χ3n) is 2.60. The number of nitrogens with zero attached hydrogens (tertiary/aromatic N) is 2. The van der Waals surface area contributed by atoms with Crippen LogP contribution in [0.3, 0.4) is 0 Å². The van der Waals surface area contributed by atoms with Crippen LogP contribution in [0, 0.1) is 5.82 Å². The Morgan fingerprint density at radius 3 is 3.00 bits per heavy atom. The summed E-state index contributed by atoms with van der Waals surface area (Å²) in [6.07, 6.45) is 3.55. The Kier molecular flexibility index (Phi) is 3.94. The zero-order valence-corrected chi connectivity index (χ0v) is 10.2. The van der Waals surface area contributed by atoms with Crippen LogP contribution in [0.15, 0.2) is 36.7 Å². The molecule has 2 rings (SSSR count). The summed E-state index contributed by atoms with van der Waals surface area (Å²) in [5.41, 5.74) is 6.61. The summed E-state index contributed by atoms with van der Waals surface area (Å²) >= 11 is 0. The molecule has 0 spiro atoms. The number of aromatic nitrogens is 2. The number of hydrogen-bond acceptors (Lipinski definition) is 3. The zero-order valence-electron chi connectivity index (χ0n) is 10.2. The van der Waals surface area contributed by atoms with Gasteiger partial charge in [0.2, 0.25) is 0 Å². The molecule has 1 atom stereocenters. The first kappa shape index (κ1) is 12.6. The molecule has 18 heavy (non-hydrogen) atoms. The van der Waals surface area contributed by atoms with Gasteiger partial charge in [0, 0.05) is 30.1 Å². The largest absolute Gasteiger partial charge is 0.491 e. The van der Waals surface area contributed by atoms with E-state index in [0.717, 1.165) is 5.56 Å². The summed E-state index contributed by atoms with van der Waals surface area (Å²) < 4.78 is 20.5. The average Bonchev–Trinajstić information content (AvgIpc) is 2.82. The maximum absolute atomic E-state index is 13.2. The lowest BCUT2D eigenvalue weighted by atomic mass is 10.1. The second-order valence-corrected chi connectivity index (χ2v) is 4.09. The molecule has 96 valence electrons. The first-order valence-corrected chi connectivity index (χ1v) is 5.82. The van der Waals surface area contributed by atoms with Crippen molar-refractivity contribution in [3.8, 4) is 5.75 Å². The van der Waals surface area contributed by atoms with Gasteiger partial charge in [-0.3, -0.25) is 4.68 Å². The fourth-order valence-corrected chi connectivity index (χ4v) is 1.69. The lowest BCUT2D eigenvalue weighted by Gasteiger charge is -2.14. The minimum absolute atomic E-state index is 0.190. The molecule has 4 nitrogen and oxygen atoms in total. The van der Waals surface area contributed by atoms with Gasteiger partial charge in [0.05, 0.1) is 6.54 Å². The van der Waals surface area contributed by atoms with Gasteiger partial charge in [-0.05, 0) is 19.1 Å². The minimum Gasteiger partial charge on any atom is -0.491 e. The second kappa shape index (κ2) is 5.64. The van der Waals surface area contributed by atoms with Gasteiger partial charge in [-0.1, -0.05) is 6.07 Å². The molecule has 2 N–H and O–H groups in total. The number of benzene rings is 1. The fourth-order valence-electron chi connectivity index (χ4n) is 1.69. The predicted octanol–water partition coefficient (Wildman–Crippen LogP) is 2.12. The Hall–Kier alpha value is -1.88. The van der Waals surface area contributed by atoms with Crippen molar-refractivity contribution in [3.05, 3.63) is 48.0 Å². The van der Waals surface area contributed by atoms with Crippen molar-refractivity contribution in [2.45, 2.75) is 19.5 Å². The summed E-state index contributed by atoms with van der Waals surface area (Å²) in [5, 5.41) is 4.06. The van der Waals surface area contributed by atoms with E-state index in [1.807, 2.05) is 19.2 Å². The molecule has 0 fully saturated rings. The standard InChI is InChI=1S/C13H16FN3O/c1-10(15)12-4-3-11(14)9-13(12)18-8-7-17-6-2-5-16-17/h2-6,9-10H,7-8,15H2,1H3. The van der Waals surface area contributed by atoms with E-state index >= 15 is 0 Å². The van der Waals surface area contributed by atoms with E-state index in [4.69, 9.17) is 10.5 Å². The molecule has 0 amide bonds. The highest BCUT2D eigenvalue weighted by Crippen LogP contribution is 2.24. The normalized spacial score (nSPS) is 12.4. The minimum atomic E-state index is -0.325. The van der Waals surface area contributed by atoms with Gasteiger partial charge in [0.15, 0.2) is 0 Å². The lowest BCUT2D eigenvalue weighted by Crippen LogP contribution is -2.12. The summed E-state index contributed by atoms with van der Waals surface area (Å²) in [6, 6.07) is 6.06. The summed E-state index contributed by atoms with van der Waals surface area (Å²) in [5.74, 6) is 0.172. The summed E-state index contributed by atoms with van der Waals surface area (Å²) in [4.78, 5) is 0. The summed E-state index contributed by atoms with van der Waals surface area (Å²) in [6.45, 7) is 2.88. The van der Waals surface area contributed by atoms with Gasteiger partial charge in [-0.2, -0.15) is 5.10 Å². The van der Waals surface area contributed by atoms with E-state index in [1.165, 1.54) is 12.1 Å². The van der Waals surface area contributed by atoms with E-state index in [1.54, 1.807) is 16.9 Å². The van der Waals surface area contributed by atoms with Crippen molar-refractivity contribution < 1.29 is 9.13 Å². The van der Waals surface area contributed by atoms with Crippen molar-refractivity contribution in [2.24, 2.45) is 5.73 Å². The summed E-state index contributed by atoms with van der Waals surface area (Å²) in [7, 11) is 0. The molecular weight excluding hydrogens is 233 g/mol. The van der Waals surface area contributed by atoms with Gasteiger partial charge in [-0.25, -0.2) is 4.39 Å². The van der Waals surface area contributed by atoms with Crippen LogP contribution in [0.5, 0.6) is 5.75 Å². The van der Waals surface area contributed by atoms with E-state index in [2.05, 4.69) is 5.10 Å². The van der Waals surface area contributed by atoms with Crippen LogP contribution in [-0.2, 0) is 6.54 Å². The van der Waals surface area contributed by atoms with E-state index < -0.39 is 0 Å². The topological polar surface area (TPSA) is 53.1 Å². The lowest BCUT2D eigenvalue weighted by molar-refractivity contribution is 0.286. The van der Waals surface area contributed by atoms with Crippen LogP contribution in [0.4, 0.5) is 4.39 Å². The molecule has 0 aliphatic heterocycles. The molecule has 0 saturated heterocycles. The predicted molar refractivity (Wildman–Crippen MR) is 66.7 cm³/mol. The highest BCUT2D eigenvalue weighted by Gasteiger charge is 2.09. The van der Waals surface area contributed by atoms with E-state index in [0.29, 0.717) is 18.9 Å². The van der Waals surface area contributed by atoms with E-state index in [-0.39, 0.29) is 11.9 Å². The van der Waals surface area contributed by atoms with Crippen molar-refractivity contribution >= 4 is 0 Å². The van der Waals surface area contributed by atoms with Crippen molar-refractivity contribution in [3.63, 3.8) is 0 Å².